The molecule has 0 unspecified atom stereocenters. The summed E-state index contributed by atoms with van der Waals surface area (Å²) in [5, 5.41) is 3.16. The molecule has 1 heterocycles. The number of benzene rings is 1. The van der Waals surface area contributed by atoms with Crippen LogP contribution in [0.3, 0.4) is 0 Å². The highest BCUT2D eigenvalue weighted by Gasteiger charge is 2.36. The molecule has 0 saturated heterocycles. The minimum atomic E-state index is -4.62. The maximum absolute atomic E-state index is 13.2. The van der Waals surface area contributed by atoms with E-state index < -0.39 is 23.6 Å². The van der Waals surface area contributed by atoms with Crippen LogP contribution < -0.4 is 10.1 Å². The Balaban J connectivity index is 2.42. The van der Waals surface area contributed by atoms with Crippen molar-refractivity contribution in [2.45, 2.75) is 32.5 Å². The predicted octanol–water partition coefficient (Wildman–Crippen LogP) is 5.49. The van der Waals surface area contributed by atoms with Crippen molar-refractivity contribution in [2.75, 3.05) is 12.4 Å². The van der Waals surface area contributed by atoms with E-state index in [-0.39, 0.29) is 17.4 Å². The van der Waals surface area contributed by atoms with Gasteiger partial charge in [0.05, 0.1) is 12.7 Å². The van der Waals surface area contributed by atoms with Gasteiger partial charge in [-0.05, 0) is 60.2 Å². The molecular weight excluding hydrogens is 476 g/mol. The molecule has 146 valence electrons. The first-order chi connectivity index (χ1) is 12.7. The van der Waals surface area contributed by atoms with Crippen LogP contribution in [0.1, 0.15) is 36.2 Å². The number of hydrogen-bond acceptors (Lipinski definition) is 5. The van der Waals surface area contributed by atoms with E-state index in [2.05, 4.69) is 10.3 Å². The second-order valence-corrected chi connectivity index (χ2v) is 7.00. The maximum atomic E-state index is 13.2. The summed E-state index contributed by atoms with van der Waals surface area (Å²) in [4.78, 5) is 15.8. The van der Waals surface area contributed by atoms with Crippen LogP contribution in [0.4, 0.5) is 18.9 Å². The number of esters is 1. The maximum Gasteiger partial charge on any atom is 0.421 e. The van der Waals surface area contributed by atoms with Crippen molar-refractivity contribution in [2.24, 2.45) is 0 Å². The average molecular weight is 494 g/mol. The summed E-state index contributed by atoms with van der Waals surface area (Å²) >= 11 is 1.74. The van der Waals surface area contributed by atoms with Gasteiger partial charge in [-0.25, -0.2) is 9.78 Å². The smallest absolute Gasteiger partial charge is 0.421 e. The summed E-state index contributed by atoms with van der Waals surface area (Å²) in [7, 11) is 1.23. The third kappa shape index (κ3) is 5.47. The standard InChI is InChI=1S/C18H18F3IN2O3/c1-4-10(2)24-15-6-5-12(8-13(15)17(25)26-3)27-16-14(18(19,20)21)7-11(22)9-23-16/h5-10,24H,4H2,1-3H3/t10-/m0/s1. The zero-order valence-electron chi connectivity index (χ0n) is 14.9. The minimum absolute atomic E-state index is 0.0457. The van der Waals surface area contributed by atoms with Gasteiger partial charge in [0.1, 0.15) is 11.3 Å². The number of ether oxygens (including phenoxy) is 2. The molecule has 0 aliphatic rings. The number of nitrogens with one attached hydrogen (secondary N) is 1. The van der Waals surface area contributed by atoms with Gasteiger partial charge < -0.3 is 14.8 Å². The fraction of sp³-hybridized carbons (Fsp3) is 0.333. The van der Waals surface area contributed by atoms with Crippen molar-refractivity contribution < 1.29 is 27.4 Å². The molecule has 0 aliphatic heterocycles. The molecule has 0 amide bonds. The lowest BCUT2D eigenvalue weighted by Gasteiger charge is -2.17. The Morgan fingerprint density at radius 3 is 2.63 bits per heavy atom. The van der Waals surface area contributed by atoms with E-state index in [1.54, 1.807) is 28.7 Å². The molecule has 2 rings (SSSR count). The number of anilines is 1. The van der Waals surface area contributed by atoms with Crippen molar-refractivity contribution in [3.8, 4) is 11.6 Å². The van der Waals surface area contributed by atoms with Gasteiger partial charge in [-0.3, -0.25) is 0 Å². The van der Waals surface area contributed by atoms with Gasteiger partial charge in [-0.1, -0.05) is 6.92 Å². The third-order valence-electron chi connectivity index (χ3n) is 3.75. The van der Waals surface area contributed by atoms with Crippen LogP contribution in [-0.2, 0) is 10.9 Å². The Morgan fingerprint density at radius 2 is 2.04 bits per heavy atom. The Morgan fingerprint density at radius 1 is 1.33 bits per heavy atom. The molecule has 9 heteroatoms. The molecule has 0 fully saturated rings. The lowest BCUT2D eigenvalue weighted by atomic mass is 10.1. The normalized spacial score (nSPS) is 12.4. The Hall–Kier alpha value is -2.04. The van der Waals surface area contributed by atoms with E-state index in [0.717, 1.165) is 12.5 Å². The van der Waals surface area contributed by atoms with E-state index in [0.29, 0.717) is 9.26 Å². The Bertz CT molecular complexity index is 828. The highest BCUT2D eigenvalue weighted by atomic mass is 127. The first kappa shape index (κ1) is 21.3. The number of methoxy groups -OCH3 is 1. The molecule has 0 saturated carbocycles. The molecule has 0 bridgehead atoms. The Kier molecular flexibility index (Phi) is 6.90. The van der Waals surface area contributed by atoms with Crippen LogP contribution in [0.2, 0.25) is 0 Å². The largest absolute Gasteiger partial charge is 0.465 e. The molecule has 0 spiro atoms. The van der Waals surface area contributed by atoms with Crippen LogP contribution >= 0.6 is 22.6 Å². The SMILES string of the molecule is CC[C@H](C)Nc1ccc(Oc2ncc(I)cc2C(F)(F)F)cc1C(=O)OC. The van der Waals surface area contributed by atoms with Gasteiger partial charge in [0.15, 0.2) is 0 Å². The fourth-order valence-electron chi connectivity index (χ4n) is 2.18. The number of carbonyl (C=O) groups excluding carboxylic acids is 1. The number of alkyl halides is 3. The van der Waals surface area contributed by atoms with Crippen LogP contribution in [0, 0.1) is 3.57 Å². The number of rotatable bonds is 6. The molecule has 0 radical (unpaired) electrons. The number of pyridine rings is 1. The van der Waals surface area contributed by atoms with Gasteiger partial charge in [-0.2, -0.15) is 13.2 Å². The van der Waals surface area contributed by atoms with Gasteiger partial charge >= 0.3 is 12.1 Å². The van der Waals surface area contributed by atoms with Crippen molar-refractivity contribution in [1.29, 1.82) is 0 Å². The third-order valence-corrected chi connectivity index (χ3v) is 4.34. The fourth-order valence-corrected chi connectivity index (χ4v) is 2.63. The summed E-state index contributed by atoms with van der Waals surface area (Å²) < 4.78 is 50.1. The zero-order valence-corrected chi connectivity index (χ0v) is 17.0. The van der Waals surface area contributed by atoms with Crippen LogP contribution in [-0.4, -0.2) is 24.1 Å². The van der Waals surface area contributed by atoms with E-state index >= 15 is 0 Å². The molecule has 1 aromatic heterocycles. The molecule has 1 aromatic carbocycles. The number of nitrogens with zero attached hydrogens (tertiary/aromatic N) is 1. The lowest BCUT2D eigenvalue weighted by Crippen LogP contribution is -2.16. The monoisotopic (exact) mass is 494 g/mol. The Labute approximate surface area is 168 Å². The summed E-state index contributed by atoms with van der Waals surface area (Å²) in [6.07, 6.45) is -2.53. The zero-order chi connectivity index (χ0) is 20.2. The van der Waals surface area contributed by atoms with Gasteiger partial charge in [-0.15, -0.1) is 0 Å². The molecule has 1 atom stereocenters. The summed E-state index contributed by atoms with van der Waals surface area (Å²) in [6, 6.07) is 5.40. The predicted molar refractivity (Wildman–Crippen MR) is 103 cm³/mol. The summed E-state index contributed by atoms with van der Waals surface area (Å²) in [5.41, 5.74) is -0.319. The topological polar surface area (TPSA) is 60.5 Å². The van der Waals surface area contributed by atoms with Crippen LogP contribution in [0.15, 0.2) is 30.5 Å². The molecule has 0 aliphatic carbocycles. The highest BCUT2D eigenvalue weighted by molar-refractivity contribution is 14.1. The first-order valence-corrected chi connectivity index (χ1v) is 9.13. The molecule has 27 heavy (non-hydrogen) atoms. The highest BCUT2D eigenvalue weighted by Crippen LogP contribution is 2.38. The number of halogens is 4. The van der Waals surface area contributed by atoms with E-state index in [1.807, 2.05) is 13.8 Å². The van der Waals surface area contributed by atoms with Crippen LogP contribution in [0.25, 0.3) is 0 Å². The second-order valence-electron chi connectivity index (χ2n) is 5.76. The lowest BCUT2D eigenvalue weighted by molar-refractivity contribution is -0.138. The van der Waals surface area contributed by atoms with Crippen molar-refractivity contribution in [3.05, 3.63) is 45.2 Å². The van der Waals surface area contributed by atoms with E-state index in [9.17, 15) is 18.0 Å². The number of hydrogen-bond donors (Lipinski definition) is 1. The minimum Gasteiger partial charge on any atom is -0.465 e. The molecule has 1 N–H and O–H groups in total. The van der Waals surface area contributed by atoms with E-state index in [4.69, 9.17) is 9.47 Å². The van der Waals surface area contributed by atoms with Gasteiger partial charge in [0, 0.05) is 21.5 Å². The molecular formula is C18H18F3IN2O3. The van der Waals surface area contributed by atoms with Crippen molar-refractivity contribution in [3.63, 3.8) is 0 Å². The number of aromatic nitrogens is 1. The quantitative estimate of drug-likeness (QED) is 0.425. The average Bonchev–Trinajstić information content (AvgIpc) is 2.62. The van der Waals surface area contributed by atoms with E-state index in [1.165, 1.54) is 25.4 Å². The number of carbonyl (C=O) groups is 1. The van der Waals surface area contributed by atoms with Crippen molar-refractivity contribution >= 4 is 34.2 Å². The van der Waals surface area contributed by atoms with Crippen molar-refractivity contribution in [1.82, 2.24) is 4.98 Å². The molecule has 2 aromatic rings. The van der Waals surface area contributed by atoms with Gasteiger partial charge in [0.25, 0.3) is 0 Å². The molecule has 5 nitrogen and oxygen atoms in total. The first-order valence-electron chi connectivity index (χ1n) is 8.05. The van der Waals surface area contributed by atoms with Gasteiger partial charge in [0.2, 0.25) is 5.88 Å². The summed E-state index contributed by atoms with van der Waals surface area (Å²) in [6.45, 7) is 3.92. The van der Waals surface area contributed by atoms with Crippen LogP contribution in [0.5, 0.6) is 11.6 Å². The second kappa shape index (κ2) is 8.77. The summed E-state index contributed by atoms with van der Waals surface area (Å²) in [5.74, 6) is -1.16.